The molecular weight excluding hydrogens is 759 g/mol. The lowest BCUT2D eigenvalue weighted by Gasteiger charge is -2.27. The van der Waals surface area contributed by atoms with Gasteiger partial charge in [0.05, 0.1) is 0 Å². The Morgan fingerprint density at radius 1 is 0.175 bits per heavy atom. The molecule has 1 heteroatoms. The molecule has 0 radical (unpaired) electrons. The van der Waals surface area contributed by atoms with Gasteiger partial charge in [0.15, 0.2) is 0 Å². The largest absolute Gasteiger partial charge is 0.310 e. The summed E-state index contributed by atoms with van der Waals surface area (Å²) >= 11 is 0. The van der Waals surface area contributed by atoms with E-state index < -0.39 is 0 Å². The predicted molar refractivity (Wildman–Crippen MR) is 269 cm³/mol. The van der Waals surface area contributed by atoms with Crippen LogP contribution in [-0.4, -0.2) is 0 Å². The summed E-state index contributed by atoms with van der Waals surface area (Å²) < 4.78 is 0. The standard InChI is InChI=1S/C62H43N/c1-6-19-44(20-7-1)47-33-36-54(37-34-47)63(56-41-52(45-21-8-2-9-22-45)39-53(42-56)46-23-10-3-11-24-46)55-30-18-29-50(40-55)51-35-38-58-57-31-16-17-32-59(57)61(48-25-12-4-13-26-48)62(60(58)43-51)49-27-14-5-15-28-49/h1-43H. The van der Waals surface area contributed by atoms with Crippen LogP contribution in [0.1, 0.15) is 0 Å². The van der Waals surface area contributed by atoms with E-state index in [2.05, 4.69) is 266 Å². The lowest BCUT2D eigenvalue weighted by Crippen LogP contribution is -2.10. The molecule has 0 N–H and O–H groups in total. The molecule has 0 amide bonds. The molecular formula is C62H43N. The molecule has 0 aliphatic rings. The van der Waals surface area contributed by atoms with Crippen molar-refractivity contribution in [3.63, 3.8) is 0 Å². The molecule has 0 bridgehead atoms. The van der Waals surface area contributed by atoms with E-state index in [4.69, 9.17) is 0 Å². The number of hydrogen-bond acceptors (Lipinski definition) is 1. The maximum atomic E-state index is 2.41. The van der Waals surface area contributed by atoms with Crippen LogP contribution in [-0.2, 0) is 0 Å². The van der Waals surface area contributed by atoms with Crippen LogP contribution < -0.4 is 4.90 Å². The zero-order valence-electron chi connectivity index (χ0n) is 34.8. The molecule has 11 aromatic carbocycles. The van der Waals surface area contributed by atoms with Crippen LogP contribution in [0.5, 0.6) is 0 Å². The zero-order chi connectivity index (χ0) is 42.0. The normalized spacial score (nSPS) is 11.2. The highest BCUT2D eigenvalue weighted by Crippen LogP contribution is 2.46. The lowest BCUT2D eigenvalue weighted by molar-refractivity contribution is 1.28. The average molecular weight is 802 g/mol. The summed E-state index contributed by atoms with van der Waals surface area (Å²) in [5.41, 5.74) is 17.6. The van der Waals surface area contributed by atoms with Crippen molar-refractivity contribution < 1.29 is 0 Å². The fourth-order valence-electron chi connectivity index (χ4n) is 9.22. The third-order valence-corrected chi connectivity index (χ3v) is 12.2. The van der Waals surface area contributed by atoms with Crippen molar-refractivity contribution in [3.8, 4) is 66.8 Å². The Labute approximate surface area is 369 Å². The molecule has 0 aromatic heterocycles. The first-order valence-corrected chi connectivity index (χ1v) is 21.7. The highest BCUT2D eigenvalue weighted by molar-refractivity contribution is 6.22. The van der Waals surface area contributed by atoms with Crippen LogP contribution in [0.4, 0.5) is 17.1 Å². The maximum Gasteiger partial charge on any atom is 0.0473 e. The van der Waals surface area contributed by atoms with E-state index in [1.54, 1.807) is 0 Å². The Morgan fingerprint density at radius 3 is 1.11 bits per heavy atom. The number of hydrogen-bond donors (Lipinski definition) is 0. The average Bonchev–Trinajstić information content (AvgIpc) is 3.37. The third-order valence-electron chi connectivity index (χ3n) is 12.2. The van der Waals surface area contributed by atoms with E-state index >= 15 is 0 Å². The minimum atomic E-state index is 1.08. The molecule has 0 aliphatic heterocycles. The van der Waals surface area contributed by atoms with Crippen LogP contribution in [0.2, 0.25) is 0 Å². The van der Waals surface area contributed by atoms with Gasteiger partial charge >= 0.3 is 0 Å². The van der Waals surface area contributed by atoms with Crippen molar-refractivity contribution in [2.75, 3.05) is 4.90 Å². The Balaban J connectivity index is 1.12. The summed E-state index contributed by atoms with van der Waals surface area (Å²) in [4.78, 5) is 2.41. The summed E-state index contributed by atoms with van der Waals surface area (Å²) in [5, 5.41) is 4.99. The quantitative estimate of drug-likeness (QED) is 0.131. The maximum absolute atomic E-state index is 2.41. The van der Waals surface area contributed by atoms with Gasteiger partial charge in [-0.25, -0.2) is 0 Å². The van der Waals surface area contributed by atoms with Crippen molar-refractivity contribution in [1.82, 2.24) is 0 Å². The highest BCUT2D eigenvalue weighted by atomic mass is 15.1. The molecule has 0 fully saturated rings. The van der Waals surface area contributed by atoms with Crippen LogP contribution in [0.25, 0.3) is 88.3 Å². The molecule has 0 saturated carbocycles. The van der Waals surface area contributed by atoms with Gasteiger partial charge < -0.3 is 4.90 Å². The number of fused-ring (bicyclic) bond motifs is 3. The third kappa shape index (κ3) is 7.37. The van der Waals surface area contributed by atoms with E-state index in [0.717, 1.165) is 22.6 Å². The summed E-state index contributed by atoms with van der Waals surface area (Å²) in [7, 11) is 0. The van der Waals surface area contributed by atoms with Crippen molar-refractivity contribution >= 4 is 38.6 Å². The first-order chi connectivity index (χ1) is 31.2. The van der Waals surface area contributed by atoms with Gasteiger partial charge in [0, 0.05) is 17.1 Å². The van der Waals surface area contributed by atoms with Gasteiger partial charge in [-0.2, -0.15) is 0 Å². The monoisotopic (exact) mass is 801 g/mol. The Bertz CT molecular complexity index is 3280. The number of nitrogens with zero attached hydrogens (tertiary/aromatic N) is 1. The summed E-state index contributed by atoms with van der Waals surface area (Å²) in [6, 6.07) is 94.7. The second-order valence-electron chi connectivity index (χ2n) is 16.1. The van der Waals surface area contributed by atoms with Gasteiger partial charge in [-0.3, -0.25) is 0 Å². The minimum absolute atomic E-state index is 1.08. The lowest BCUT2D eigenvalue weighted by atomic mass is 9.84. The fraction of sp³-hybridized carbons (Fsp3) is 0. The SMILES string of the molecule is c1ccc(-c2ccc(N(c3cccc(-c4ccc5c(c4)c(-c4ccccc4)c(-c4ccccc4)c4ccccc45)c3)c3cc(-c4ccccc4)cc(-c4ccccc4)c3)cc2)cc1. The minimum Gasteiger partial charge on any atom is -0.310 e. The summed E-state index contributed by atoms with van der Waals surface area (Å²) in [5.74, 6) is 0. The zero-order valence-corrected chi connectivity index (χ0v) is 34.8. The van der Waals surface area contributed by atoms with Gasteiger partial charge in [-0.1, -0.05) is 212 Å². The van der Waals surface area contributed by atoms with E-state index in [1.807, 2.05) is 0 Å². The fourth-order valence-corrected chi connectivity index (χ4v) is 9.22. The molecule has 0 saturated heterocycles. The van der Waals surface area contributed by atoms with E-state index in [-0.39, 0.29) is 0 Å². The number of anilines is 3. The van der Waals surface area contributed by atoms with E-state index in [1.165, 1.54) is 82.7 Å². The van der Waals surface area contributed by atoms with Gasteiger partial charge in [-0.15, -0.1) is 0 Å². The second-order valence-corrected chi connectivity index (χ2v) is 16.1. The molecule has 11 aromatic rings. The van der Waals surface area contributed by atoms with Crippen molar-refractivity contribution in [2.24, 2.45) is 0 Å². The molecule has 63 heavy (non-hydrogen) atoms. The predicted octanol–water partition coefficient (Wildman–Crippen LogP) is 17.5. The first-order valence-electron chi connectivity index (χ1n) is 21.7. The van der Waals surface area contributed by atoms with Gasteiger partial charge in [0.1, 0.15) is 0 Å². The topological polar surface area (TPSA) is 3.24 Å². The van der Waals surface area contributed by atoms with Crippen molar-refractivity contribution in [3.05, 3.63) is 261 Å². The van der Waals surface area contributed by atoms with Crippen LogP contribution in [0.3, 0.4) is 0 Å². The number of benzene rings is 11. The molecule has 0 unspecified atom stereocenters. The first kappa shape index (κ1) is 37.7. The summed E-state index contributed by atoms with van der Waals surface area (Å²) in [6.45, 7) is 0. The highest BCUT2D eigenvalue weighted by Gasteiger charge is 2.20. The smallest absolute Gasteiger partial charge is 0.0473 e. The molecule has 0 aliphatic carbocycles. The molecule has 0 atom stereocenters. The molecule has 296 valence electrons. The van der Waals surface area contributed by atoms with E-state index in [0.29, 0.717) is 0 Å². The number of rotatable bonds is 9. The van der Waals surface area contributed by atoms with Crippen molar-refractivity contribution in [2.45, 2.75) is 0 Å². The van der Waals surface area contributed by atoms with Crippen molar-refractivity contribution in [1.29, 1.82) is 0 Å². The van der Waals surface area contributed by atoms with Gasteiger partial charge in [0.2, 0.25) is 0 Å². The van der Waals surface area contributed by atoms with E-state index in [9.17, 15) is 0 Å². The molecule has 0 heterocycles. The van der Waals surface area contributed by atoms with Crippen LogP contribution in [0.15, 0.2) is 261 Å². The summed E-state index contributed by atoms with van der Waals surface area (Å²) in [6.07, 6.45) is 0. The van der Waals surface area contributed by atoms with Crippen LogP contribution >= 0.6 is 0 Å². The Morgan fingerprint density at radius 2 is 0.556 bits per heavy atom. The Hall–Kier alpha value is -8.26. The molecule has 0 spiro atoms. The van der Waals surface area contributed by atoms with Gasteiger partial charge in [-0.05, 0) is 137 Å². The second kappa shape index (κ2) is 16.7. The molecule has 11 rings (SSSR count). The van der Waals surface area contributed by atoms with Crippen LogP contribution in [0, 0.1) is 0 Å². The van der Waals surface area contributed by atoms with Gasteiger partial charge in [0.25, 0.3) is 0 Å². The Kier molecular flexibility index (Phi) is 9.97. The molecule has 1 nitrogen and oxygen atoms in total.